The molecule has 1 fully saturated rings. The number of hydrogen-bond acceptors (Lipinski definition) is 3. The third-order valence-electron chi connectivity index (χ3n) is 5.06. The van der Waals surface area contributed by atoms with Crippen LogP contribution in [0.2, 0.25) is 0 Å². The lowest BCUT2D eigenvalue weighted by Gasteiger charge is -2.37. The lowest BCUT2D eigenvalue weighted by molar-refractivity contribution is -0.144. The molecule has 1 aliphatic rings. The Morgan fingerprint density at radius 1 is 1.10 bits per heavy atom. The van der Waals surface area contributed by atoms with E-state index < -0.39 is 29.5 Å². The molecule has 30 heavy (non-hydrogen) atoms. The highest BCUT2D eigenvalue weighted by Gasteiger charge is 2.42. The van der Waals surface area contributed by atoms with Crippen molar-refractivity contribution in [3.63, 3.8) is 0 Å². The number of allylic oxidation sites excluding steroid dienone is 1. The number of alkyl halides is 6. The average molecular weight is 461 g/mol. The Balaban J connectivity index is 0.00000450. The number of hydrogen-bond donors (Lipinski definition) is 1. The molecule has 0 unspecified atom stereocenters. The molecule has 1 aromatic carbocycles. The Morgan fingerprint density at radius 2 is 1.73 bits per heavy atom. The minimum Gasteiger partial charge on any atom is -0.496 e. The van der Waals surface area contributed by atoms with E-state index in [4.69, 9.17) is 4.74 Å². The topological polar surface area (TPSA) is 24.5 Å². The van der Waals surface area contributed by atoms with Gasteiger partial charge in [-0.3, -0.25) is 4.90 Å². The Labute approximate surface area is 178 Å². The smallest absolute Gasteiger partial charge is 0.416 e. The van der Waals surface area contributed by atoms with Gasteiger partial charge in [-0.15, -0.1) is 19.0 Å². The van der Waals surface area contributed by atoms with Crippen LogP contribution in [-0.2, 0) is 12.4 Å². The highest BCUT2D eigenvalue weighted by Crippen LogP contribution is 2.46. The SMILES string of the molecule is C=CCCCC[C@@H](c1c(OC)cc(C(F)(F)F)cc1C(F)(F)F)N1CCNCC1.Cl. The highest BCUT2D eigenvalue weighted by atomic mass is 35.5. The van der Waals surface area contributed by atoms with Crippen LogP contribution in [0.5, 0.6) is 5.75 Å². The average Bonchev–Trinajstić information content (AvgIpc) is 2.66. The largest absolute Gasteiger partial charge is 0.496 e. The van der Waals surface area contributed by atoms with E-state index in [2.05, 4.69) is 11.9 Å². The molecule has 0 saturated carbocycles. The minimum absolute atomic E-state index is 0. The van der Waals surface area contributed by atoms with E-state index in [-0.39, 0.29) is 29.8 Å². The van der Waals surface area contributed by atoms with Crippen LogP contribution in [0.25, 0.3) is 0 Å². The molecule has 3 nitrogen and oxygen atoms in total. The second-order valence-electron chi connectivity index (χ2n) is 7.01. The van der Waals surface area contributed by atoms with Crippen LogP contribution in [0.3, 0.4) is 0 Å². The molecule has 172 valence electrons. The number of ether oxygens (including phenoxy) is 1. The normalized spacial score (nSPS) is 16.6. The van der Waals surface area contributed by atoms with Crippen LogP contribution in [0.1, 0.15) is 48.4 Å². The number of halogens is 7. The molecular weight excluding hydrogens is 434 g/mol. The van der Waals surface area contributed by atoms with E-state index in [1.54, 1.807) is 6.08 Å². The maximum atomic E-state index is 13.8. The predicted octanol–water partition coefficient (Wildman–Crippen LogP) is 5.85. The van der Waals surface area contributed by atoms with Gasteiger partial charge in [0.25, 0.3) is 0 Å². The van der Waals surface area contributed by atoms with E-state index >= 15 is 0 Å². The van der Waals surface area contributed by atoms with Crippen molar-refractivity contribution in [1.29, 1.82) is 0 Å². The summed E-state index contributed by atoms with van der Waals surface area (Å²) in [4.78, 5) is 1.89. The molecule has 1 N–H and O–H groups in total. The third-order valence-corrected chi connectivity index (χ3v) is 5.06. The molecule has 1 heterocycles. The molecule has 2 rings (SSSR count). The maximum Gasteiger partial charge on any atom is 0.416 e. The molecule has 0 amide bonds. The van der Waals surface area contributed by atoms with Gasteiger partial charge in [0.15, 0.2) is 0 Å². The van der Waals surface area contributed by atoms with Crippen LogP contribution in [-0.4, -0.2) is 38.2 Å². The van der Waals surface area contributed by atoms with Crippen molar-refractivity contribution < 1.29 is 31.1 Å². The quantitative estimate of drug-likeness (QED) is 0.299. The summed E-state index contributed by atoms with van der Waals surface area (Å²) < 4.78 is 86.2. The number of methoxy groups -OCH3 is 1. The Hall–Kier alpha value is -1.45. The van der Waals surface area contributed by atoms with Gasteiger partial charge >= 0.3 is 12.4 Å². The van der Waals surface area contributed by atoms with Crippen molar-refractivity contribution in [2.45, 2.75) is 44.1 Å². The van der Waals surface area contributed by atoms with Crippen molar-refractivity contribution in [3.8, 4) is 5.75 Å². The summed E-state index contributed by atoms with van der Waals surface area (Å²) >= 11 is 0. The Bertz CT molecular complexity index is 687. The maximum absolute atomic E-state index is 13.8. The molecule has 1 aromatic rings. The fourth-order valence-electron chi connectivity index (χ4n) is 3.67. The molecule has 1 saturated heterocycles. The lowest BCUT2D eigenvalue weighted by atomic mass is 9.91. The van der Waals surface area contributed by atoms with Crippen LogP contribution in [0.15, 0.2) is 24.8 Å². The summed E-state index contributed by atoms with van der Waals surface area (Å²) in [6, 6.07) is 0.191. The number of nitrogens with zero attached hydrogens (tertiary/aromatic N) is 1. The van der Waals surface area contributed by atoms with Gasteiger partial charge in [-0.25, -0.2) is 0 Å². The predicted molar refractivity (Wildman–Crippen MR) is 106 cm³/mol. The van der Waals surface area contributed by atoms with Crippen LogP contribution in [0.4, 0.5) is 26.3 Å². The van der Waals surface area contributed by atoms with Gasteiger partial charge in [-0.2, -0.15) is 26.3 Å². The number of nitrogens with one attached hydrogen (secondary N) is 1. The van der Waals surface area contributed by atoms with E-state index in [0.717, 1.165) is 20.0 Å². The van der Waals surface area contributed by atoms with Gasteiger partial charge in [0.2, 0.25) is 0 Å². The molecule has 0 aromatic heterocycles. The standard InChI is InChI=1S/C20H26F6N2O.ClH/c1-3-4-5-6-7-16(28-10-8-27-9-11-28)18-15(20(24,25)26)12-14(19(21,22)23)13-17(18)29-2;/h3,12-13,16,27H,1,4-11H2,2H3;1H/t16-;/m0./s1. The first-order valence-electron chi connectivity index (χ1n) is 9.51. The molecule has 0 aliphatic carbocycles. The van der Waals surface area contributed by atoms with Gasteiger partial charge in [0, 0.05) is 37.8 Å². The molecule has 0 bridgehead atoms. The van der Waals surface area contributed by atoms with Crippen molar-refractivity contribution in [3.05, 3.63) is 41.5 Å². The first-order chi connectivity index (χ1) is 13.6. The van der Waals surface area contributed by atoms with E-state index in [9.17, 15) is 26.3 Å². The van der Waals surface area contributed by atoms with E-state index in [1.165, 1.54) is 0 Å². The second kappa shape index (κ2) is 11.2. The van der Waals surface area contributed by atoms with Crippen LogP contribution in [0, 0.1) is 0 Å². The highest BCUT2D eigenvalue weighted by molar-refractivity contribution is 5.85. The summed E-state index contributed by atoms with van der Waals surface area (Å²) in [5.41, 5.74) is -2.86. The summed E-state index contributed by atoms with van der Waals surface area (Å²) in [6.07, 6.45) is -5.61. The Kier molecular flexibility index (Phi) is 9.97. The number of rotatable bonds is 8. The fourth-order valence-corrected chi connectivity index (χ4v) is 3.67. The number of benzene rings is 1. The Morgan fingerprint density at radius 3 is 2.23 bits per heavy atom. The monoisotopic (exact) mass is 460 g/mol. The molecule has 0 spiro atoms. The minimum atomic E-state index is -4.93. The fraction of sp³-hybridized carbons (Fsp3) is 0.600. The van der Waals surface area contributed by atoms with E-state index in [1.807, 2.05) is 4.90 Å². The number of piperazine rings is 1. The summed E-state index contributed by atoms with van der Waals surface area (Å²) in [5, 5.41) is 3.14. The van der Waals surface area contributed by atoms with Gasteiger partial charge in [0.1, 0.15) is 5.75 Å². The van der Waals surface area contributed by atoms with Crippen molar-refractivity contribution in [2.75, 3.05) is 33.3 Å². The van der Waals surface area contributed by atoms with Crippen LogP contribution < -0.4 is 10.1 Å². The third kappa shape index (κ3) is 6.78. The van der Waals surface area contributed by atoms with Crippen molar-refractivity contribution in [2.24, 2.45) is 0 Å². The molecule has 0 radical (unpaired) electrons. The van der Waals surface area contributed by atoms with E-state index in [0.29, 0.717) is 45.1 Å². The number of unbranched alkanes of at least 4 members (excludes halogenated alkanes) is 2. The zero-order valence-corrected chi connectivity index (χ0v) is 17.5. The zero-order chi connectivity index (χ0) is 21.7. The van der Waals surface area contributed by atoms with Gasteiger partial charge in [0.05, 0.1) is 18.2 Å². The molecule has 1 atom stereocenters. The van der Waals surface area contributed by atoms with Gasteiger partial charge in [-0.1, -0.05) is 12.5 Å². The molecular formula is C20H27ClF6N2O. The summed E-state index contributed by atoms with van der Waals surface area (Å²) in [6.45, 7) is 5.86. The van der Waals surface area contributed by atoms with Crippen molar-refractivity contribution in [1.82, 2.24) is 10.2 Å². The van der Waals surface area contributed by atoms with Gasteiger partial charge in [-0.05, 0) is 31.4 Å². The van der Waals surface area contributed by atoms with Crippen LogP contribution >= 0.6 is 12.4 Å². The second-order valence-corrected chi connectivity index (χ2v) is 7.01. The van der Waals surface area contributed by atoms with Gasteiger partial charge < -0.3 is 10.1 Å². The van der Waals surface area contributed by atoms with Crippen molar-refractivity contribution >= 4 is 12.4 Å². The first-order valence-corrected chi connectivity index (χ1v) is 9.51. The summed E-state index contributed by atoms with van der Waals surface area (Å²) in [7, 11) is 1.10. The molecule has 1 aliphatic heterocycles. The first kappa shape index (κ1) is 26.6. The molecule has 10 heteroatoms. The summed E-state index contributed by atoms with van der Waals surface area (Å²) in [5.74, 6) is -0.376. The lowest BCUT2D eigenvalue weighted by Crippen LogP contribution is -2.45. The zero-order valence-electron chi connectivity index (χ0n) is 16.7.